The molecule has 2 aromatic rings. The summed E-state index contributed by atoms with van der Waals surface area (Å²) in [5.41, 5.74) is 2.36. The highest BCUT2D eigenvalue weighted by Crippen LogP contribution is 2.11. The van der Waals surface area contributed by atoms with E-state index < -0.39 is 0 Å². The van der Waals surface area contributed by atoms with Gasteiger partial charge < -0.3 is 15.4 Å². The molecule has 0 saturated heterocycles. The summed E-state index contributed by atoms with van der Waals surface area (Å²) < 4.78 is 18.2. The van der Waals surface area contributed by atoms with Crippen molar-refractivity contribution in [1.29, 1.82) is 0 Å². The summed E-state index contributed by atoms with van der Waals surface area (Å²) in [4.78, 5) is 0. The molecule has 4 heteroatoms. The van der Waals surface area contributed by atoms with E-state index in [2.05, 4.69) is 22.8 Å². The maximum absolute atomic E-state index is 12.8. The van der Waals surface area contributed by atoms with Crippen molar-refractivity contribution in [2.45, 2.75) is 26.4 Å². The van der Waals surface area contributed by atoms with E-state index in [-0.39, 0.29) is 5.82 Å². The molecular weight excluding hydrogens is 291 g/mol. The van der Waals surface area contributed by atoms with Gasteiger partial charge in [-0.15, -0.1) is 0 Å². The predicted octanol–water partition coefficient (Wildman–Crippen LogP) is 3.49. The van der Waals surface area contributed by atoms with Crippen molar-refractivity contribution < 1.29 is 9.13 Å². The van der Waals surface area contributed by atoms with E-state index in [0.29, 0.717) is 6.61 Å². The topological polar surface area (TPSA) is 33.3 Å². The molecule has 0 aliphatic heterocycles. The molecule has 0 heterocycles. The van der Waals surface area contributed by atoms with Gasteiger partial charge in [0.25, 0.3) is 0 Å². The fraction of sp³-hybridized carbons (Fsp3) is 0.368. The number of halogens is 1. The van der Waals surface area contributed by atoms with Gasteiger partial charge in [0, 0.05) is 13.1 Å². The monoisotopic (exact) mass is 316 g/mol. The summed E-state index contributed by atoms with van der Waals surface area (Å²) in [7, 11) is 0. The van der Waals surface area contributed by atoms with Crippen LogP contribution in [0.3, 0.4) is 0 Å². The molecule has 0 saturated carbocycles. The lowest BCUT2D eigenvalue weighted by Gasteiger charge is -2.08. The van der Waals surface area contributed by atoms with E-state index in [9.17, 15) is 4.39 Å². The second-order valence-electron chi connectivity index (χ2n) is 5.41. The van der Waals surface area contributed by atoms with Gasteiger partial charge in [-0.2, -0.15) is 0 Å². The molecule has 0 spiro atoms. The third kappa shape index (κ3) is 6.80. The maximum atomic E-state index is 12.8. The molecule has 23 heavy (non-hydrogen) atoms. The van der Waals surface area contributed by atoms with Crippen LogP contribution in [0.15, 0.2) is 48.5 Å². The lowest BCUT2D eigenvalue weighted by Crippen LogP contribution is -2.21. The molecular formula is C19H25FN2O. The van der Waals surface area contributed by atoms with Crippen molar-refractivity contribution >= 4 is 0 Å². The Morgan fingerprint density at radius 1 is 0.826 bits per heavy atom. The summed E-state index contributed by atoms with van der Waals surface area (Å²) in [6, 6.07) is 14.8. The number of benzene rings is 2. The zero-order chi connectivity index (χ0) is 16.3. The van der Waals surface area contributed by atoms with Crippen molar-refractivity contribution in [3.63, 3.8) is 0 Å². The third-order valence-corrected chi connectivity index (χ3v) is 3.51. The Morgan fingerprint density at radius 2 is 1.35 bits per heavy atom. The van der Waals surface area contributed by atoms with Crippen LogP contribution in [0.1, 0.15) is 24.5 Å². The Balaban J connectivity index is 1.53. The summed E-state index contributed by atoms with van der Waals surface area (Å²) in [5, 5.41) is 6.79. The summed E-state index contributed by atoms with van der Waals surface area (Å²) in [5.74, 6) is 0.730. The number of nitrogens with one attached hydrogen (secondary N) is 2. The summed E-state index contributed by atoms with van der Waals surface area (Å²) in [6.45, 7) is 6.23. The Kier molecular flexibility index (Phi) is 7.57. The molecule has 0 unspecified atom stereocenters. The maximum Gasteiger partial charge on any atom is 0.123 e. The second kappa shape index (κ2) is 9.98. The van der Waals surface area contributed by atoms with Gasteiger partial charge in [0.05, 0.1) is 6.61 Å². The number of rotatable bonds is 10. The lowest BCUT2D eigenvalue weighted by atomic mass is 10.2. The van der Waals surface area contributed by atoms with E-state index >= 15 is 0 Å². The Hall–Kier alpha value is -1.91. The second-order valence-corrected chi connectivity index (χ2v) is 5.41. The minimum atomic E-state index is -0.188. The van der Waals surface area contributed by atoms with E-state index in [0.717, 1.165) is 43.9 Å². The molecule has 2 aromatic carbocycles. The number of hydrogen-bond donors (Lipinski definition) is 2. The van der Waals surface area contributed by atoms with Crippen molar-refractivity contribution in [2.75, 3.05) is 19.7 Å². The minimum Gasteiger partial charge on any atom is -0.494 e. The van der Waals surface area contributed by atoms with Gasteiger partial charge in [-0.25, -0.2) is 4.39 Å². The predicted molar refractivity (Wildman–Crippen MR) is 92.0 cm³/mol. The van der Waals surface area contributed by atoms with Crippen LogP contribution in [0.5, 0.6) is 5.75 Å². The van der Waals surface area contributed by atoms with Gasteiger partial charge in [0.2, 0.25) is 0 Å². The zero-order valence-electron chi connectivity index (χ0n) is 13.6. The first kappa shape index (κ1) is 17.4. The lowest BCUT2D eigenvalue weighted by molar-refractivity contribution is 0.340. The highest BCUT2D eigenvalue weighted by Gasteiger charge is 1.96. The van der Waals surface area contributed by atoms with Crippen LogP contribution in [0, 0.1) is 5.82 Å². The molecule has 0 aliphatic carbocycles. The fourth-order valence-electron chi connectivity index (χ4n) is 2.28. The van der Waals surface area contributed by atoms with Crippen LogP contribution < -0.4 is 15.4 Å². The number of ether oxygens (including phenoxy) is 1. The third-order valence-electron chi connectivity index (χ3n) is 3.51. The van der Waals surface area contributed by atoms with Gasteiger partial charge in [-0.1, -0.05) is 24.3 Å². The molecule has 0 bridgehead atoms. The van der Waals surface area contributed by atoms with Crippen LogP contribution in [-0.2, 0) is 13.1 Å². The van der Waals surface area contributed by atoms with Crippen LogP contribution in [-0.4, -0.2) is 19.7 Å². The summed E-state index contributed by atoms with van der Waals surface area (Å²) in [6.07, 6.45) is 1.05. The van der Waals surface area contributed by atoms with E-state index in [1.165, 1.54) is 17.7 Å². The molecule has 3 nitrogen and oxygen atoms in total. The van der Waals surface area contributed by atoms with E-state index in [1.54, 1.807) is 0 Å². The van der Waals surface area contributed by atoms with Gasteiger partial charge in [0.1, 0.15) is 11.6 Å². The van der Waals surface area contributed by atoms with E-state index in [4.69, 9.17) is 4.74 Å². The highest BCUT2D eigenvalue weighted by molar-refractivity contribution is 5.27. The van der Waals surface area contributed by atoms with Crippen LogP contribution >= 0.6 is 0 Å². The number of hydrogen-bond acceptors (Lipinski definition) is 3. The first-order valence-corrected chi connectivity index (χ1v) is 8.15. The molecule has 0 atom stereocenters. The molecule has 0 aliphatic rings. The van der Waals surface area contributed by atoms with Gasteiger partial charge in [0.15, 0.2) is 0 Å². The van der Waals surface area contributed by atoms with Crippen LogP contribution in [0.4, 0.5) is 4.39 Å². The SMILES string of the molecule is CCOc1ccc(CNCCCNCc2ccc(F)cc2)cc1. The van der Waals surface area contributed by atoms with Crippen molar-refractivity contribution in [3.8, 4) is 5.75 Å². The smallest absolute Gasteiger partial charge is 0.123 e. The van der Waals surface area contributed by atoms with Crippen LogP contribution in [0.2, 0.25) is 0 Å². The first-order chi connectivity index (χ1) is 11.3. The molecule has 124 valence electrons. The quantitative estimate of drug-likeness (QED) is 0.658. The first-order valence-electron chi connectivity index (χ1n) is 8.15. The Morgan fingerprint density at radius 3 is 1.87 bits per heavy atom. The molecule has 2 N–H and O–H groups in total. The molecule has 0 amide bonds. The van der Waals surface area contributed by atoms with Gasteiger partial charge in [-0.3, -0.25) is 0 Å². The minimum absolute atomic E-state index is 0.188. The summed E-state index contributed by atoms with van der Waals surface area (Å²) >= 11 is 0. The average molecular weight is 316 g/mol. The highest BCUT2D eigenvalue weighted by atomic mass is 19.1. The zero-order valence-corrected chi connectivity index (χ0v) is 13.6. The average Bonchev–Trinajstić information content (AvgIpc) is 2.57. The van der Waals surface area contributed by atoms with Gasteiger partial charge in [-0.05, 0) is 61.8 Å². The van der Waals surface area contributed by atoms with Gasteiger partial charge >= 0.3 is 0 Å². The standard InChI is InChI=1S/C19H25FN2O/c1-2-23-19-10-6-17(7-11-19)15-22-13-3-12-21-14-16-4-8-18(20)9-5-16/h4-11,21-22H,2-3,12-15H2,1H3. The normalized spacial score (nSPS) is 10.7. The van der Waals surface area contributed by atoms with Crippen molar-refractivity contribution in [2.24, 2.45) is 0 Å². The van der Waals surface area contributed by atoms with E-state index in [1.807, 2.05) is 31.2 Å². The molecule has 0 fully saturated rings. The molecule has 0 radical (unpaired) electrons. The van der Waals surface area contributed by atoms with Crippen molar-refractivity contribution in [1.82, 2.24) is 10.6 Å². The Labute approximate surface area is 137 Å². The van der Waals surface area contributed by atoms with Crippen LogP contribution in [0.25, 0.3) is 0 Å². The Bertz CT molecular complexity index is 555. The molecule has 0 aromatic heterocycles. The molecule has 2 rings (SSSR count). The fourth-order valence-corrected chi connectivity index (χ4v) is 2.28. The van der Waals surface area contributed by atoms with Crippen molar-refractivity contribution in [3.05, 3.63) is 65.5 Å². The largest absolute Gasteiger partial charge is 0.494 e.